The van der Waals surface area contributed by atoms with Gasteiger partial charge >= 0.3 is 0 Å². The quantitative estimate of drug-likeness (QED) is 0.856. The van der Waals surface area contributed by atoms with E-state index in [0.717, 1.165) is 37.8 Å². The van der Waals surface area contributed by atoms with Crippen molar-refractivity contribution in [2.24, 2.45) is 5.92 Å². The summed E-state index contributed by atoms with van der Waals surface area (Å²) in [6.45, 7) is 2.83. The van der Waals surface area contributed by atoms with Crippen LogP contribution in [0.1, 0.15) is 45.7 Å². The van der Waals surface area contributed by atoms with E-state index in [1.54, 1.807) is 0 Å². The molecule has 0 radical (unpaired) electrons. The second-order valence-corrected chi connectivity index (χ2v) is 7.54. The van der Waals surface area contributed by atoms with E-state index >= 15 is 0 Å². The zero-order valence-electron chi connectivity index (χ0n) is 15.8. The van der Waals surface area contributed by atoms with Crippen LogP contribution in [0, 0.1) is 5.92 Å². The number of oxazole rings is 1. The van der Waals surface area contributed by atoms with E-state index in [1.807, 2.05) is 29.2 Å². The second kappa shape index (κ2) is 8.56. The average molecular weight is 383 g/mol. The Morgan fingerprint density at radius 3 is 2.86 bits per heavy atom. The fourth-order valence-electron chi connectivity index (χ4n) is 3.95. The Morgan fingerprint density at radius 1 is 1.21 bits per heavy atom. The van der Waals surface area contributed by atoms with Crippen LogP contribution in [-0.2, 0) is 11.2 Å². The lowest BCUT2D eigenvalue weighted by atomic mass is 9.97. The molecule has 3 heterocycles. The summed E-state index contributed by atoms with van der Waals surface area (Å²) < 4.78 is 10.2. The Kier molecular flexibility index (Phi) is 5.71. The van der Waals surface area contributed by atoms with Gasteiger partial charge in [0, 0.05) is 37.9 Å². The molecule has 2 amide bonds. The monoisotopic (exact) mass is 383 g/mol. The molecule has 0 bridgehead atoms. The van der Waals surface area contributed by atoms with Crippen molar-refractivity contribution in [3.05, 3.63) is 53.7 Å². The van der Waals surface area contributed by atoms with Gasteiger partial charge < -0.3 is 19.4 Å². The molecule has 2 aliphatic rings. The number of amides is 2. The largest absolute Gasteiger partial charge is 0.451 e. The molecule has 1 aromatic carbocycles. The zero-order chi connectivity index (χ0) is 19.3. The molecule has 2 aromatic rings. The first-order chi connectivity index (χ1) is 13.7. The number of nitrogens with zero attached hydrogens (tertiary/aromatic N) is 2. The standard InChI is InChI=1S/C21H25N3O4/c25-20(23-18-5-8-27-9-6-18)17-3-1-2-15(11-17)10-16-4-7-24(12-16)21(26)19-13-28-14-22-19/h1-3,11,13-14,16,18H,4-10,12H2,(H,23,25). The molecule has 1 aromatic heterocycles. The van der Waals surface area contributed by atoms with Crippen LogP contribution in [0.25, 0.3) is 0 Å². The number of hydrogen-bond acceptors (Lipinski definition) is 5. The third kappa shape index (κ3) is 4.42. The smallest absolute Gasteiger partial charge is 0.275 e. The van der Waals surface area contributed by atoms with Crippen molar-refractivity contribution in [1.82, 2.24) is 15.2 Å². The number of aromatic nitrogens is 1. The Balaban J connectivity index is 1.33. The van der Waals surface area contributed by atoms with Gasteiger partial charge in [-0.1, -0.05) is 12.1 Å². The van der Waals surface area contributed by atoms with Crippen LogP contribution in [0.5, 0.6) is 0 Å². The number of hydrogen-bond donors (Lipinski definition) is 1. The van der Waals surface area contributed by atoms with E-state index in [1.165, 1.54) is 12.7 Å². The third-order valence-electron chi connectivity index (χ3n) is 5.49. The molecule has 0 spiro atoms. The molecule has 2 aliphatic heterocycles. The molecule has 2 fully saturated rings. The normalized spacial score (nSPS) is 20.3. The van der Waals surface area contributed by atoms with Gasteiger partial charge in [-0.2, -0.15) is 0 Å². The summed E-state index contributed by atoms with van der Waals surface area (Å²) in [5.41, 5.74) is 2.17. The van der Waals surface area contributed by atoms with Gasteiger partial charge in [-0.3, -0.25) is 9.59 Å². The van der Waals surface area contributed by atoms with E-state index in [2.05, 4.69) is 10.3 Å². The summed E-state index contributed by atoms with van der Waals surface area (Å²) in [5, 5.41) is 3.11. The van der Waals surface area contributed by atoms with E-state index in [0.29, 0.717) is 36.9 Å². The number of carbonyl (C=O) groups is 2. The third-order valence-corrected chi connectivity index (χ3v) is 5.49. The minimum Gasteiger partial charge on any atom is -0.451 e. The molecule has 148 valence electrons. The van der Waals surface area contributed by atoms with Gasteiger partial charge in [0.2, 0.25) is 0 Å². The van der Waals surface area contributed by atoms with Crippen LogP contribution in [-0.4, -0.2) is 54.0 Å². The summed E-state index contributed by atoms with van der Waals surface area (Å²) in [6.07, 6.45) is 6.18. The van der Waals surface area contributed by atoms with E-state index in [4.69, 9.17) is 9.15 Å². The zero-order valence-corrected chi connectivity index (χ0v) is 15.8. The minimum atomic E-state index is -0.0826. The first-order valence-electron chi connectivity index (χ1n) is 9.84. The molecule has 7 heteroatoms. The van der Waals surface area contributed by atoms with Gasteiger partial charge in [-0.25, -0.2) is 4.98 Å². The van der Waals surface area contributed by atoms with Crippen LogP contribution in [0.15, 0.2) is 41.3 Å². The van der Waals surface area contributed by atoms with Crippen LogP contribution < -0.4 is 5.32 Å². The number of carbonyl (C=O) groups excluding carboxylic acids is 2. The summed E-state index contributed by atoms with van der Waals surface area (Å²) in [6, 6.07) is 7.99. The highest BCUT2D eigenvalue weighted by Crippen LogP contribution is 2.23. The van der Waals surface area contributed by atoms with Crippen molar-refractivity contribution in [3.8, 4) is 0 Å². The molecular formula is C21H25N3O4. The highest BCUT2D eigenvalue weighted by Gasteiger charge is 2.28. The first-order valence-corrected chi connectivity index (χ1v) is 9.84. The van der Waals surface area contributed by atoms with Crippen LogP contribution in [0.2, 0.25) is 0 Å². The molecule has 28 heavy (non-hydrogen) atoms. The van der Waals surface area contributed by atoms with Crippen molar-refractivity contribution in [2.75, 3.05) is 26.3 Å². The maximum Gasteiger partial charge on any atom is 0.275 e. The van der Waals surface area contributed by atoms with Crippen molar-refractivity contribution in [2.45, 2.75) is 31.7 Å². The first kappa shape index (κ1) is 18.7. The Labute approximate surface area is 164 Å². The molecule has 7 nitrogen and oxygen atoms in total. The number of likely N-dealkylation sites (tertiary alicyclic amines) is 1. The second-order valence-electron chi connectivity index (χ2n) is 7.54. The number of rotatable bonds is 5. The van der Waals surface area contributed by atoms with Crippen LogP contribution >= 0.6 is 0 Å². The molecule has 1 unspecified atom stereocenters. The van der Waals surface area contributed by atoms with Gasteiger partial charge in [0.05, 0.1) is 0 Å². The average Bonchev–Trinajstić information content (AvgIpc) is 3.41. The van der Waals surface area contributed by atoms with E-state index in [-0.39, 0.29) is 17.9 Å². The maximum absolute atomic E-state index is 12.6. The summed E-state index contributed by atoms with van der Waals surface area (Å²) in [7, 11) is 0. The molecular weight excluding hydrogens is 358 g/mol. The van der Waals surface area contributed by atoms with E-state index < -0.39 is 0 Å². The minimum absolute atomic E-state index is 0.0250. The predicted octanol–water partition coefficient (Wildman–Crippen LogP) is 2.29. The highest BCUT2D eigenvalue weighted by atomic mass is 16.5. The molecule has 0 aliphatic carbocycles. The summed E-state index contributed by atoms with van der Waals surface area (Å²) >= 11 is 0. The number of ether oxygens (including phenoxy) is 1. The van der Waals surface area contributed by atoms with Crippen molar-refractivity contribution in [1.29, 1.82) is 0 Å². The highest BCUT2D eigenvalue weighted by molar-refractivity contribution is 5.94. The lowest BCUT2D eigenvalue weighted by Gasteiger charge is -2.23. The number of nitrogens with one attached hydrogen (secondary N) is 1. The lowest BCUT2D eigenvalue weighted by molar-refractivity contribution is 0.0696. The molecule has 2 saturated heterocycles. The maximum atomic E-state index is 12.6. The van der Waals surface area contributed by atoms with Crippen LogP contribution in [0.4, 0.5) is 0 Å². The van der Waals surface area contributed by atoms with Crippen molar-refractivity contribution >= 4 is 11.8 Å². The van der Waals surface area contributed by atoms with E-state index in [9.17, 15) is 9.59 Å². The number of benzene rings is 1. The molecule has 4 rings (SSSR count). The van der Waals surface area contributed by atoms with Crippen molar-refractivity contribution < 1.29 is 18.7 Å². The van der Waals surface area contributed by atoms with Gasteiger partial charge in [0.1, 0.15) is 6.26 Å². The predicted molar refractivity (Wildman–Crippen MR) is 102 cm³/mol. The molecule has 0 saturated carbocycles. The van der Waals surface area contributed by atoms with Gasteiger partial charge in [-0.05, 0) is 49.3 Å². The molecule has 1 N–H and O–H groups in total. The van der Waals surface area contributed by atoms with Gasteiger partial charge in [-0.15, -0.1) is 0 Å². The summed E-state index contributed by atoms with van der Waals surface area (Å²) in [4.78, 5) is 30.7. The van der Waals surface area contributed by atoms with Crippen molar-refractivity contribution in [3.63, 3.8) is 0 Å². The Bertz CT molecular complexity index is 815. The topological polar surface area (TPSA) is 84.7 Å². The SMILES string of the molecule is O=C(NC1CCOCC1)c1cccc(CC2CCN(C(=O)c3cocn3)C2)c1. The van der Waals surface area contributed by atoms with Gasteiger partial charge in [0.15, 0.2) is 12.1 Å². The fourth-order valence-corrected chi connectivity index (χ4v) is 3.95. The van der Waals surface area contributed by atoms with Crippen LogP contribution in [0.3, 0.4) is 0 Å². The Morgan fingerprint density at radius 2 is 2.07 bits per heavy atom. The fraction of sp³-hybridized carbons (Fsp3) is 0.476. The molecule has 1 atom stereocenters. The lowest BCUT2D eigenvalue weighted by Crippen LogP contribution is -2.38. The van der Waals surface area contributed by atoms with Gasteiger partial charge in [0.25, 0.3) is 11.8 Å². The summed E-state index contributed by atoms with van der Waals surface area (Å²) in [5.74, 6) is 0.272. The Hall–Kier alpha value is -2.67.